The first-order valence-corrected chi connectivity index (χ1v) is 39.5. The van der Waals surface area contributed by atoms with Crippen LogP contribution >= 0.6 is 0 Å². The van der Waals surface area contributed by atoms with Crippen molar-refractivity contribution in [2.45, 2.75) is 421 Å². The van der Waals surface area contributed by atoms with E-state index in [0.717, 1.165) is 64.2 Å². The molecule has 1 amide bonds. The van der Waals surface area contributed by atoms with Gasteiger partial charge in [-0.25, -0.2) is 0 Å². The van der Waals surface area contributed by atoms with Crippen LogP contribution < -0.4 is 5.32 Å². The van der Waals surface area contributed by atoms with E-state index in [1.165, 1.54) is 257 Å². The van der Waals surface area contributed by atoms with E-state index in [-0.39, 0.29) is 18.9 Å². The number of hydrogen-bond donors (Lipinski definition) is 9. The molecular formula is C80H147NO13. The maximum Gasteiger partial charge on any atom is 0.220 e. The Balaban J connectivity index is 1.61. The second kappa shape index (κ2) is 64.1. The largest absolute Gasteiger partial charge is 0.394 e. The molecule has 0 aromatic rings. The lowest BCUT2D eigenvalue weighted by Crippen LogP contribution is -2.65. The van der Waals surface area contributed by atoms with Crippen LogP contribution in [0.2, 0.25) is 0 Å². The average Bonchev–Trinajstić information content (AvgIpc) is 0.794. The van der Waals surface area contributed by atoms with Gasteiger partial charge in [0.15, 0.2) is 12.6 Å². The Kier molecular flexibility index (Phi) is 59.8. The Morgan fingerprint density at radius 2 is 0.734 bits per heavy atom. The highest BCUT2D eigenvalue weighted by molar-refractivity contribution is 5.76. The molecule has 9 N–H and O–H groups in total. The lowest BCUT2D eigenvalue weighted by Gasteiger charge is -2.46. The van der Waals surface area contributed by atoms with Crippen molar-refractivity contribution in [2.75, 3.05) is 19.8 Å². The Morgan fingerprint density at radius 1 is 0.394 bits per heavy atom. The summed E-state index contributed by atoms with van der Waals surface area (Å²) in [6.45, 7) is 2.74. The van der Waals surface area contributed by atoms with Crippen molar-refractivity contribution in [2.24, 2.45) is 0 Å². The molecule has 14 heteroatoms. The minimum Gasteiger partial charge on any atom is -0.394 e. The fraction of sp³-hybridized carbons (Fsp3) is 0.863. The van der Waals surface area contributed by atoms with Crippen LogP contribution in [0.3, 0.4) is 0 Å². The molecule has 2 aliphatic heterocycles. The number of allylic oxidation sites excluding steroid dienone is 9. The fourth-order valence-electron chi connectivity index (χ4n) is 13.0. The molecular weight excluding hydrogens is 1180 g/mol. The first kappa shape index (κ1) is 87.8. The molecule has 2 heterocycles. The summed E-state index contributed by atoms with van der Waals surface area (Å²) in [6, 6.07) is -0.916. The van der Waals surface area contributed by atoms with Crippen molar-refractivity contribution >= 4 is 5.91 Å². The van der Waals surface area contributed by atoms with E-state index in [2.05, 4.69) is 67.8 Å². The zero-order valence-electron chi connectivity index (χ0n) is 60.2. The third kappa shape index (κ3) is 46.9. The molecule has 0 aromatic carbocycles. The molecule has 0 radical (unpaired) electrons. The van der Waals surface area contributed by atoms with Gasteiger partial charge in [-0.05, 0) is 57.8 Å². The fourth-order valence-corrected chi connectivity index (χ4v) is 13.0. The third-order valence-electron chi connectivity index (χ3n) is 19.2. The molecule has 2 saturated heterocycles. The van der Waals surface area contributed by atoms with Crippen LogP contribution in [-0.2, 0) is 23.7 Å². The van der Waals surface area contributed by atoms with Gasteiger partial charge < -0.3 is 65.1 Å². The van der Waals surface area contributed by atoms with Crippen molar-refractivity contribution in [3.63, 3.8) is 0 Å². The minimum atomic E-state index is -1.79. The second-order valence-electron chi connectivity index (χ2n) is 27.8. The number of hydrogen-bond acceptors (Lipinski definition) is 13. The highest BCUT2D eigenvalue weighted by Crippen LogP contribution is 2.30. The second-order valence-corrected chi connectivity index (χ2v) is 27.8. The molecule has 550 valence electrons. The molecule has 0 aromatic heterocycles. The Hall–Kier alpha value is -2.31. The van der Waals surface area contributed by atoms with Crippen LogP contribution in [0.5, 0.6) is 0 Å². The van der Waals surface area contributed by atoms with Crippen LogP contribution in [0.4, 0.5) is 0 Å². The lowest BCUT2D eigenvalue weighted by molar-refractivity contribution is -0.359. The van der Waals surface area contributed by atoms with Crippen molar-refractivity contribution < 1.29 is 64.6 Å². The van der Waals surface area contributed by atoms with Gasteiger partial charge in [-0.3, -0.25) is 4.79 Å². The zero-order valence-corrected chi connectivity index (χ0v) is 60.2. The molecule has 12 unspecified atom stereocenters. The van der Waals surface area contributed by atoms with Crippen LogP contribution in [0.15, 0.2) is 60.8 Å². The van der Waals surface area contributed by atoms with Gasteiger partial charge in [0.25, 0.3) is 0 Å². The van der Waals surface area contributed by atoms with Gasteiger partial charge in [0.2, 0.25) is 5.91 Å². The molecule has 2 fully saturated rings. The summed E-state index contributed by atoms with van der Waals surface area (Å²) in [7, 11) is 0. The topological polar surface area (TPSA) is 228 Å². The van der Waals surface area contributed by atoms with Gasteiger partial charge >= 0.3 is 0 Å². The standard InChI is InChI=1S/C80H147NO13/c1-3-5-7-9-11-13-15-17-19-21-23-25-27-29-30-31-32-33-34-35-36-37-38-40-42-44-46-48-50-52-54-56-58-60-62-64-72(85)81-68(67-91-79-77(90)75(88)78(71(66-83)93-79)94-80-76(89)74(87)73(86)70(65-82)92-80)69(84)63-61-59-57-55-53-51-49-47-45-43-41-39-28-26-24-22-20-18-16-14-12-10-8-6-4-2/h5,7,11,13,17,19,23,25,61,63,68-71,73-80,82-84,86-90H,3-4,6,8-10,12,14-16,18,20-22,24,26-60,62,64-67H2,1-2H3,(H,81,85)/b7-5-,13-11-,19-17-,25-23-,63-61+. The first-order valence-electron chi connectivity index (χ1n) is 39.5. The number of aliphatic hydroxyl groups is 8. The van der Waals surface area contributed by atoms with Crippen molar-refractivity contribution in [1.82, 2.24) is 5.32 Å². The molecule has 12 atom stereocenters. The molecule has 0 bridgehead atoms. The SMILES string of the molecule is CC/C=C\C/C=C\C/C=C\C/C=C\CCCCCCCCCCCCCCCCCCCCCCCCC(=O)NC(COC1OC(CO)C(OC2OC(CO)C(O)C(O)C2O)C(O)C1O)C(O)/C=C/CCCCCCCCCCCCCCCCCCCCCCCCC. The molecule has 0 saturated carbocycles. The van der Waals surface area contributed by atoms with Gasteiger partial charge in [0, 0.05) is 6.42 Å². The monoisotopic (exact) mass is 1330 g/mol. The number of aliphatic hydroxyl groups excluding tert-OH is 8. The summed E-state index contributed by atoms with van der Waals surface area (Å²) >= 11 is 0. The summed E-state index contributed by atoms with van der Waals surface area (Å²) in [4.78, 5) is 13.4. The number of rotatable bonds is 66. The highest BCUT2D eigenvalue weighted by Gasteiger charge is 2.51. The van der Waals surface area contributed by atoms with E-state index in [1.807, 2.05) is 6.08 Å². The van der Waals surface area contributed by atoms with E-state index < -0.39 is 86.8 Å². The number of nitrogens with one attached hydrogen (secondary N) is 1. The van der Waals surface area contributed by atoms with Crippen LogP contribution in [-0.4, -0.2) is 140 Å². The number of amides is 1. The summed E-state index contributed by atoms with van der Waals surface area (Å²) in [5.74, 6) is -0.233. The van der Waals surface area contributed by atoms with E-state index in [4.69, 9.17) is 18.9 Å². The number of ether oxygens (including phenoxy) is 4. The van der Waals surface area contributed by atoms with Gasteiger partial charge in [-0.1, -0.05) is 344 Å². The highest BCUT2D eigenvalue weighted by atomic mass is 16.7. The van der Waals surface area contributed by atoms with Crippen molar-refractivity contribution in [3.05, 3.63) is 60.8 Å². The zero-order chi connectivity index (χ0) is 68.0. The predicted molar refractivity (Wildman–Crippen MR) is 387 cm³/mol. The van der Waals surface area contributed by atoms with Gasteiger partial charge in [-0.2, -0.15) is 0 Å². The predicted octanol–water partition coefficient (Wildman–Crippen LogP) is 17.6. The Morgan fingerprint density at radius 3 is 1.13 bits per heavy atom. The third-order valence-corrected chi connectivity index (χ3v) is 19.2. The lowest BCUT2D eigenvalue weighted by atomic mass is 9.97. The molecule has 2 rings (SSSR count). The summed E-state index contributed by atoms with van der Waals surface area (Å²) in [6.07, 6.45) is 70.1. The summed E-state index contributed by atoms with van der Waals surface area (Å²) in [5, 5.41) is 87.7. The van der Waals surface area contributed by atoms with Crippen LogP contribution in [0, 0.1) is 0 Å². The van der Waals surface area contributed by atoms with Gasteiger partial charge in [-0.15, -0.1) is 0 Å². The minimum absolute atomic E-state index is 0.233. The number of carbonyl (C=O) groups is 1. The number of carbonyl (C=O) groups excluding carboxylic acids is 1. The first-order chi connectivity index (χ1) is 46.1. The van der Waals surface area contributed by atoms with Gasteiger partial charge in [0.1, 0.15) is 48.8 Å². The number of unbranched alkanes of at least 4 members (excludes halogenated alkanes) is 45. The van der Waals surface area contributed by atoms with Gasteiger partial charge in [0.05, 0.1) is 32.0 Å². The molecule has 14 nitrogen and oxygen atoms in total. The summed E-state index contributed by atoms with van der Waals surface area (Å²) in [5.41, 5.74) is 0. The molecule has 2 aliphatic rings. The molecule has 94 heavy (non-hydrogen) atoms. The Labute approximate surface area is 575 Å². The summed E-state index contributed by atoms with van der Waals surface area (Å²) < 4.78 is 22.9. The maximum atomic E-state index is 13.4. The quantitative estimate of drug-likeness (QED) is 0.0204. The molecule has 0 aliphatic carbocycles. The Bertz CT molecular complexity index is 1810. The van der Waals surface area contributed by atoms with Crippen LogP contribution in [0.25, 0.3) is 0 Å². The smallest absolute Gasteiger partial charge is 0.220 e. The van der Waals surface area contributed by atoms with E-state index in [0.29, 0.717) is 6.42 Å². The normalized spacial score (nSPS) is 22.7. The van der Waals surface area contributed by atoms with E-state index >= 15 is 0 Å². The van der Waals surface area contributed by atoms with E-state index in [9.17, 15) is 45.6 Å². The maximum absolute atomic E-state index is 13.4. The molecule has 0 spiro atoms. The van der Waals surface area contributed by atoms with Crippen molar-refractivity contribution in [1.29, 1.82) is 0 Å². The van der Waals surface area contributed by atoms with Crippen LogP contribution in [0.1, 0.15) is 348 Å². The average molecular weight is 1330 g/mol. The van der Waals surface area contributed by atoms with E-state index in [1.54, 1.807) is 6.08 Å². The van der Waals surface area contributed by atoms with Crippen molar-refractivity contribution in [3.8, 4) is 0 Å².